The van der Waals surface area contributed by atoms with Crippen LogP contribution in [0.2, 0.25) is 0 Å². The number of phenolic OH excluding ortho intramolecular Hbond substituents is 1. The number of rotatable bonds is 7. The molecule has 0 fully saturated rings. The lowest BCUT2D eigenvalue weighted by Gasteiger charge is -2.10. The average Bonchev–Trinajstić information content (AvgIpc) is 2.83. The Kier molecular flexibility index (Phi) is 7.91. The minimum absolute atomic E-state index is 0.0655. The van der Waals surface area contributed by atoms with Crippen LogP contribution in [0.5, 0.6) is 5.75 Å². The van der Waals surface area contributed by atoms with Crippen LogP contribution in [0, 0.1) is 0 Å². The summed E-state index contributed by atoms with van der Waals surface area (Å²) in [4.78, 5) is 25.6. The summed E-state index contributed by atoms with van der Waals surface area (Å²) in [7, 11) is 0. The SMILES string of the molecule is CC(/C=C(\NC(=O)c1ccccc1)C(=O)N/N=C(\C)c1ccc(O)cc1)=C\c1ccccc1. The number of allylic oxidation sites excluding steroid dienone is 2. The fourth-order valence-electron chi connectivity index (χ4n) is 2.99. The second-order valence-corrected chi connectivity index (χ2v) is 7.36. The van der Waals surface area contributed by atoms with Gasteiger partial charge in [0.1, 0.15) is 11.4 Å². The molecular formula is C27H25N3O3. The van der Waals surface area contributed by atoms with Crippen LogP contribution in [0.1, 0.15) is 35.3 Å². The Hall–Kier alpha value is -4.45. The van der Waals surface area contributed by atoms with Crippen molar-refractivity contribution in [3.63, 3.8) is 0 Å². The summed E-state index contributed by atoms with van der Waals surface area (Å²) < 4.78 is 0. The molecule has 6 nitrogen and oxygen atoms in total. The fourth-order valence-corrected chi connectivity index (χ4v) is 2.99. The third-order valence-electron chi connectivity index (χ3n) is 4.70. The summed E-state index contributed by atoms with van der Waals surface area (Å²) in [5.74, 6) is -0.813. The van der Waals surface area contributed by atoms with Crippen molar-refractivity contribution in [3.8, 4) is 5.75 Å². The van der Waals surface area contributed by atoms with Crippen molar-refractivity contribution >= 4 is 23.6 Å². The van der Waals surface area contributed by atoms with Crippen molar-refractivity contribution in [1.82, 2.24) is 10.7 Å². The molecule has 0 aliphatic heterocycles. The Morgan fingerprint density at radius 2 is 1.42 bits per heavy atom. The molecule has 3 aromatic carbocycles. The van der Waals surface area contributed by atoms with Gasteiger partial charge in [0.05, 0.1) is 5.71 Å². The second kappa shape index (κ2) is 11.2. The summed E-state index contributed by atoms with van der Waals surface area (Å²) >= 11 is 0. The third kappa shape index (κ3) is 7.04. The lowest BCUT2D eigenvalue weighted by Crippen LogP contribution is -2.33. The average molecular weight is 440 g/mol. The largest absolute Gasteiger partial charge is 0.508 e. The Balaban J connectivity index is 1.84. The molecule has 0 radical (unpaired) electrons. The van der Waals surface area contributed by atoms with E-state index in [4.69, 9.17) is 0 Å². The van der Waals surface area contributed by atoms with Gasteiger partial charge in [0.25, 0.3) is 11.8 Å². The van der Waals surface area contributed by atoms with Gasteiger partial charge in [-0.1, -0.05) is 54.6 Å². The highest BCUT2D eigenvalue weighted by Crippen LogP contribution is 2.11. The Morgan fingerprint density at radius 3 is 2.06 bits per heavy atom. The molecular weight excluding hydrogens is 414 g/mol. The van der Waals surface area contributed by atoms with Crippen molar-refractivity contribution in [1.29, 1.82) is 0 Å². The molecule has 0 spiro atoms. The van der Waals surface area contributed by atoms with E-state index < -0.39 is 11.8 Å². The summed E-state index contributed by atoms with van der Waals surface area (Å²) in [6.45, 7) is 3.58. The predicted octanol–water partition coefficient (Wildman–Crippen LogP) is 4.65. The van der Waals surface area contributed by atoms with Crippen molar-refractivity contribution in [2.24, 2.45) is 5.10 Å². The molecule has 3 aromatic rings. The first-order valence-corrected chi connectivity index (χ1v) is 10.4. The van der Waals surface area contributed by atoms with E-state index in [2.05, 4.69) is 15.8 Å². The molecule has 0 heterocycles. The number of nitrogens with zero attached hydrogens (tertiary/aromatic N) is 1. The van der Waals surface area contributed by atoms with Crippen molar-refractivity contribution in [2.45, 2.75) is 13.8 Å². The number of hydrazone groups is 1. The first-order chi connectivity index (χ1) is 15.9. The zero-order valence-electron chi connectivity index (χ0n) is 18.4. The molecule has 0 atom stereocenters. The number of carbonyl (C=O) groups excluding carboxylic acids is 2. The van der Waals surface area contributed by atoms with Crippen LogP contribution in [-0.4, -0.2) is 22.6 Å². The summed E-state index contributed by atoms with van der Waals surface area (Å²) in [5.41, 5.74) is 6.04. The number of benzene rings is 3. The summed E-state index contributed by atoms with van der Waals surface area (Å²) in [6, 6.07) is 24.8. The van der Waals surface area contributed by atoms with Gasteiger partial charge in [0, 0.05) is 5.56 Å². The second-order valence-electron chi connectivity index (χ2n) is 7.36. The maximum atomic E-state index is 12.9. The summed E-state index contributed by atoms with van der Waals surface area (Å²) in [5, 5.41) is 16.3. The van der Waals surface area contributed by atoms with Gasteiger partial charge >= 0.3 is 0 Å². The van der Waals surface area contributed by atoms with Gasteiger partial charge in [-0.15, -0.1) is 0 Å². The van der Waals surface area contributed by atoms with Gasteiger partial charge in [-0.25, -0.2) is 5.43 Å². The zero-order chi connectivity index (χ0) is 23.6. The Morgan fingerprint density at radius 1 is 0.818 bits per heavy atom. The van der Waals surface area contributed by atoms with Gasteiger partial charge in [0.2, 0.25) is 0 Å². The monoisotopic (exact) mass is 439 g/mol. The van der Waals surface area contributed by atoms with Crippen LogP contribution in [0.4, 0.5) is 0 Å². The molecule has 0 saturated carbocycles. The van der Waals surface area contributed by atoms with Crippen LogP contribution in [0.3, 0.4) is 0 Å². The highest BCUT2D eigenvalue weighted by molar-refractivity contribution is 6.04. The highest BCUT2D eigenvalue weighted by atomic mass is 16.3. The molecule has 166 valence electrons. The van der Waals surface area contributed by atoms with Gasteiger partial charge in [-0.2, -0.15) is 5.10 Å². The van der Waals surface area contributed by atoms with E-state index in [-0.39, 0.29) is 11.4 Å². The molecule has 33 heavy (non-hydrogen) atoms. The number of phenols is 1. The predicted molar refractivity (Wildman–Crippen MR) is 131 cm³/mol. The van der Waals surface area contributed by atoms with Gasteiger partial charge in [-0.05, 0) is 73.0 Å². The molecule has 0 aromatic heterocycles. The third-order valence-corrected chi connectivity index (χ3v) is 4.70. The quantitative estimate of drug-likeness (QED) is 0.217. The van der Waals surface area contributed by atoms with Gasteiger partial charge < -0.3 is 10.4 Å². The van der Waals surface area contributed by atoms with E-state index in [0.29, 0.717) is 11.3 Å². The highest BCUT2D eigenvalue weighted by Gasteiger charge is 2.14. The fraction of sp³-hybridized carbons (Fsp3) is 0.0741. The lowest BCUT2D eigenvalue weighted by atomic mass is 10.1. The van der Waals surface area contributed by atoms with E-state index in [0.717, 1.165) is 16.7 Å². The van der Waals surface area contributed by atoms with Crippen molar-refractivity contribution in [3.05, 3.63) is 119 Å². The van der Waals surface area contributed by atoms with E-state index >= 15 is 0 Å². The molecule has 3 rings (SSSR count). The summed E-state index contributed by atoms with van der Waals surface area (Å²) in [6.07, 6.45) is 3.52. The number of carbonyl (C=O) groups is 2. The van der Waals surface area contributed by atoms with Gasteiger partial charge in [0.15, 0.2) is 0 Å². The first-order valence-electron chi connectivity index (χ1n) is 10.4. The molecule has 0 bridgehead atoms. The molecule has 0 aliphatic carbocycles. The van der Waals surface area contributed by atoms with Crippen LogP contribution in [-0.2, 0) is 4.79 Å². The number of amides is 2. The number of aromatic hydroxyl groups is 1. The van der Waals surface area contributed by atoms with E-state index in [9.17, 15) is 14.7 Å². The maximum Gasteiger partial charge on any atom is 0.287 e. The van der Waals surface area contributed by atoms with E-state index in [1.54, 1.807) is 61.5 Å². The number of hydrogen-bond donors (Lipinski definition) is 3. The topological polar surface area (TPSA) is 90.8 Å². The van der Waals surface area contributed by atoms with Gasteiger partial charge in [-0.3, -0.25) is 9.59 Å². The minimum Gasteiger partial charge on any atom is -0.508 e. The molecule has 0 unspecified atom stereocenters. The molecule has 6 heteroatoms. The molecule has 2 amide bonds. The molecule has 0 saturated heterocycles. The lowest BCUT2D eigenvalue weighted by molar-refractivity contribution is -0.117. The van der Waals surface area contributed by atoms with Crippen molar-refractivity contribution < 1.29 is 14.7 Å². The normalized spacial score (nSPS) is 12.2. The number of nitrogens with one attached hydrogen (secondary N) is 2. The van der Waals surface area contributed by atoms with E-state index in [1.165, 1.54) is 0 Å². The zero-order valence-corrected chi connectivity index (χ0v) is 18.4. The standard InChI is InChI=1S/C27H25N3O3/c1-19(17-21-9-5-3-6-10-21)18-25(28-26(32)23-11-7-4-8-12-23)27(33)30-29-20(2)22-13-15-24(31)16-14-22/h3-18,31H,1-2H3,(H,28,32)(H,30,33)/b19-17+,25-18-,29-20+. The molecule has 3 N–H and O–H groups in total. The van der Waals surface area contributed by atoms with Crippen LogP contribution in [0.15, 0.2) is 107 Å². The van der Waals surface area contributed by atoms with Crippen LogP contribution < -0.4 is 10.7 Å². The van der Waals surface area contributed by atoms with Crippen molar-refractivity contribution in [2.75, 3.05) is 0 Å². The Labute approximate surface area is 193 Å². The first kappa shape index (κ1) is 23.2. The smallest absolute Gasteiger partial charge is 0.287 e. The van der Waals surface area contributed by atoms with Crippen LogP contribution >= 0.6 is 0 Å². The van der Waals surface area contributed by atoms with Crippen LogP contribution in [0.25, 0.3) is 6.08 Å². The maximum absolute atomic E-state index is 12.9. The molecule has 0 aliphatic rings. The minimum atomic E-state index is -0.557. The van der Waals surface area contributed by atoms with E-state index in [1.807, 2.05) is 49.4 Å². The number of hydrogen-bond acceptors (Lipinski definition) is 4. The Bertz CT molecular complexity index is 1200.